The van der Waals surface area contributed by atoms with Crippen molar-refractivity contribution in [1.82, 2.24) is 0 Å². The summed E-state index contributed by atoms with van der Waals surface area (Å²) in [6.07, 6.45) is -2.59. The lowest BCUT2D eigenvalue weighted by Crippen LogP contribution is -2.11. The zero-order chi connectivity index (χ0) is 16.6. The van der Waals surface area contributed by atoms with Gasteiger partial charge in [-0.05, 0) is 48.7 Å². The van der Waals surface area contributed by atoms with Crippen LogP contribution in [0.4, 0.5) is 18.9 Å². The molecule has 23 heavy (non-hydrogen) atoms. The molecule has 3 rings (SSSR count). The summed E-state index contributed by atoms with van der Waals surface area (Å²) in [5.74, 6) is 0.501. The van der Waals surface area contributed by atoms with Gasteiger partial charge >= 0.3 is 6.18 Å². The minimum Gasteiger partial charge on any atom is -0.454 e. The Bertz CT molecular complexity index is 724. The van der Waals surface area contributed by atoms with Gasteiger partial charge in [0.1, 0.15) is 5.75 Å². The molecule has 1 aliphatic rings. The molecule has 0 amide bonds. The first kappa shape index (κ1) is 16.3. The van der Waals surface area contributed by atoms with Gasteiger partial charge in [0.15, 0.2) is 5.75 Å². The number of aryl methyl sites for hydroxylation is 1. The molecular formula is C16H12Cl2F3NO. The number of benzene rings is 2. The van der Waals surface area contributed by atoms with Crippen LogP contribution in [-0.2, 0) is 12.6 Å². The van der Waals surface area contributed by atoms with Crippen molar-refractivity contribution in [2.24, 2.45) is 0 Å². The topological polar surface area (TPSA) is 21.3 Å². The molecule has 0 aromatic heterocycles. The molecule has 1 heterocycles. The van der Waals surface area contributed by atoms with E-state index >= 15 is 0 Å². The Morgan fingerprint density at radius 3 is 2.39 bits per heavy atom. The van der Waals surface area contributed by atoms with E-state index in [1.807, 2.05) is 12.1 Å². The minimum atomic E-state index is -4.51. The van der Waals surface area contributed by atoms with E-state index in [2.05, 4.69) is 5.32 Å². The summed E-state index contributed by atoms with van der Waals surface area (Å²) >= 11 is 11.8. The van der Waals surface area contributed by atoms with E-state index < -0.39 is 11.7 Å². The zero-order valence-electron chi connectivity index (χ0n) is 11.8. The Labute approximate surface area is 141 Å². The van der Waals surface area contributed by atoms with Crippen LogP contribution in [-0.4, -0.2) is 6.54 Å². The van der Waals surface area contributed by atoms with Crippen LogP contribution in [0, 0.1) is 0 Å². The fraction of sp³-hybridized carbons (Fsp3) is 0.250. The molecule has 2 nitrogen and oxygen atoms in total. The summed E-state index contributed by atoms with van der Waals surface area (Å²) in [6.45, 7) is 0.920. The third-order valence-electron chi connectivity index (χ3n) is 3.56. The average molecular weight is 362 g/mol. The molecule has 0 saturated carbocycles. The highest BCUT2D eigenvalue weighted by atomic mass is 35.5. The monoisotopic (exact) mass is 361 g/mol. The fourth-order valence-electron chi connectivity index (χ4n) is 2.45. The van der Waals surface area contributed by atoms with Crippen molar-refractivity contribution in [3.8, 4) is 11.5 Å². The molecule has 122 valence electrons. The van der Waals surface area contributed by atoms with Gasteiger partial charge < -0.3 is 10.1 Å². The molecule has 0 bridgehead atoms. The second kappa shape index (κ2) is 6.13. The summed E-state index contributed by atoms with van der Waals surface area (Å²) < 4.78 is 43.8. The Balaban J connectivity index is 1.91. The summed E-state index contributed by atoms with van der Waals surface area (Å²) in [5.41, 5.74) is 1.22. The lowest BCUT2D eigenvalue weighted by molar-refractivity contribution is -0.137. The van der Waals surface area contributed by atoms with E-state index in [-0.39, 0.29) is 15.8 Å². The van der Waals surface area contributed by atoms with Crippen LogP contribution in [0.3, 0.4) is 0 Å². The van der Waals surface area contributed by atoms with E-state index in [1.165, 1.54) is 0 Å². The third kappa shape index (κ3) is 3.51. The molecule has 7 heteroatoms. The molecule has 1 aliphatic heterocycles. The first-order valence-electron chi connectivity index (χ1n) is 6.95. The van der Waals surface area contributed by atoms with Crippen LogP contribution in [0.2, 0.25) is 10.0 Å². The number of hydrogen-bond donors (Lipinski definition) is 1. The van der Waals surface area contributed by atoms with Crippen LogP contribution in [0.15, 0.2) is 30.3 Å². The van der Waals surface area contributed by atoms with Gasteiger partial charge in [0.05, 0.1) is 15.6 Å². The zero-order valence-corrected chi connectivity index (χ0v) is 13.3. The van der Waals surface area contributed by atoms with Gasteiger partial charge in [0.2, 0.25) is 0 Å². The van der Waals surface area contributed by atoms with Crippen LogP contribution in [0.25, 0.3) is 0 Å². The van der Waals surface area contributed by atoms with Crippen molar-refractivity contribution in [3.05, 3.63) is 51.5 Å². The van der Waals surface area contributed by atoms with Crippen molar-refractivity contribution in [1.29, 1.82) is 0 Å². The molecule has 1 N–H and O–H groups in total. The molecule has 0 spiro atoms. The molecule has 0 fully saturated rings. The van der Waals surface area contributed by atoms with Crippen molar-refractivity contribution in [2.45, 2.75) is 19.0 Å². The van der Waals surface area contributed by atoms with E-state index in [0.717, 1.165) is 42.8 Å². The standard InChI is InChI=1S/C16H12Cl2F3NO/c17-12-7-10(16(19,20)21)8-13(18)15(12)23-11-3-4-14-9(6-11)2-1-5-22-14/h3-4,6-8,22H,1-2,5H2. The normalized spacial score (nSPS) is 14.1. The van der Waals surface area contributed by atoms with Gasteiger partial charge in [-0.1, -0.05) is 23.2 Å². The van der Waals surface area contributed by atoms with Gasteiger partial charge in [-0.25, -0.2) is 0 Å². The highest BCUT2D eigenvalue weighted by Gasteiger charge is 2.32. The number of rotatable bonds is 2. The second-order valence-electron chi connectivity index (χ2n) is 5.22. The number of halogens is 5. The van der Waals surface area contributed by atoms with E-state index in [0.29, 0.717) is 5.75 Å². The predicted molar refractivity (Wildman–Crippen MR) is 84.8 cm³/mol. The van der Waals surface area contributed by atoms with Crippen LogP contribution in [0.1, 0.15) is 17.5 Å². The van der Waals surface area contributed by atoms with Crippen LogP contribution < -0.4 is 10.1 Å². The molecule has 0 atom stereocenters. The van der Waals surface area contributed by atoms with Crippen LogP contribution in [0.5, 0.6) is 11.5 Å². The van der Waals surface area contributed by atoms with Gasteiger partial charge in [-0.3, -0.25) is 0 Å². The molecule has 0 radical (unpaired) electrons. The molecule has 0 aliphatic carbocycles. The molecular weight excluding hydrogens is 350 g/mol. The van der Waals surface area contributed by atoms with E-state index in [1.54, 1.807) is 6.07 Å². The lowest BCUT2D eigenvalue weighted by atomic mass is 10.0. The lowest BCUT2D eigenvalue weighted by Gasteiger charge is -2.19. The number of ether oxygens (including phenoxy) is 1. The van der Waals surface area contributed by atoms with Crippen molar-refractivity contribution >= 4 is 28.9 Å². The highest BCUT2D eigenvalue weighted by molar-refractivity contribution is 6.37. The quantitative estimate of drug-likeness (QED) is 0.691. The Hall–Kier alpha value is -1.59. The second-order valence-corrected chi connectivity index (χ2v) is 6.03. The van der Waals surface area contributed by atoms with Gasteiger partial charge in [-0.15, -0.1) is 0 Å². The number of fused-ring (bicyclic) bond motifs is 1. The Morgan fingerprint density at radius 1 is 1.04 bits per heavy atom. The first-order valence-corrected chi connectivity index (χ1v) is 7.71. The van der Waals surface area contributed by atoms with Crippen molar-refractivity contribution in [2.75, 3.05) is 11.9 Å². The predicted octanol–water partition coefficient (Wildman–Crippen LogP) is 6.16. The molecule has 0 unspecified atom stereocenters. The number of alkyl halides is 3. The Kier molecular flexibility index (Phi) is 4.34. The number of anilines is 1. The van der Waals surface area contributed by atoms with Crippen LogP contribution >= 0.6 is 23.2 Å². The maximum absolute atomic E-state index is 12.7. The summed E-state index contributed by atoms with van der Waals surface area (Å²) in [7, 11) is 0. The van der Waals surface area contributed by atoms with Crippen molar-refractivity contribution < 1.29 is 17.9 Å². The largest absolute Gasteiger partial charge is 0.454 e. The van der Waals surface area contributed by atoms with Gasteiger partial charge in [-0.2, -0.15) is 13.2 Å². The third-order valence-corrected chi connectivity index (χ3v) is 4.12. The van der Waals surface area contributed by atoms with Gasteiger partial charge in [0, 0.05) is 12.2 Å². The average Bonchev–Trinajstić information content (AvgIpc) is 2.49. The number of nitrogens with one attached hydrogen (secondary N) is 1. The maximum atomic E-state index is 12.7. The molecule has 2 aromatic carbocycles. The molecule has 2 aromatic rings. The smallest absolute Gasteiger partial charge is 0.416 e. The summed E-state index contributed by atoms with van der Waals surface area (Å²) in [4.78, 5) is 0. The van der Waals surface area contributed by atoms with Crippen molar-refractivity contribution in [3.63, 3.8) is 0 Å². The summed E-state index contributed by atoms with van der Waals surface area (Å²) in [5, 5.41) is 2.91. The van der Waals surface area contributed by atoms with E-state index in [4.69, 9.17) is 27.9 Å². The minimum absolute atomic E-state index is 0.0186. The number of hydrogen-bond acceptors (Lipinski definition) is 2. The Morgan fingerprint density at radius 2 is 1.74 bits per heavy atom. The first-order chi connectivity index (χ1) is 10.8. The fourth-order valence-corrected chi connectivity index (χ4v) is 3.02. The summed E-state index contributed by atoms with van der Waals surface area (Å²) in [6, 6.07) is 7.05. The maximum Gasteiger partial charge on any atom is 0.416 e. The van der Waals surface area contributed by atoms with E-state index in [9.17, 15) is 13.2 Å². The van der Waals surface area contributed by atoms with Gasteiger partial charge in [0.25, 0.3) is 0 Å². The highest BCUT2D eigenvalue weighted by Crippen LogP contribution is 2.42. The SMILES string of the molecule is FC(F)(F)c1cc(Cl)c(Oc2ccc3c(c2)CCCN3)c(Cl)c1. The molecule has 0 saturated heterocycles.